The second kappa shape index (κ2) is 52.8. The molecule has 136 heavy (non-hydrogen) atoms. The summed E-state index contributed by atoms with van der Waals surface area (Å²) < 4.78 is 207. The van der Waals surface area contributed by atoms with E-state index in [1.54, 1.807) is 107 Å². The van der Waals surface area contributed by atoms with Gasteiger partial charge in [-0.25, -0.2) is 89.6 Å². The van der Waals surface area contributed by atoms with E-state index in [9.17, 15) is 96.8 Å². The first-order chi connectivity index (χ1) is 64.0. The fourth-order valence-electron chi connectivity index (χ4n) is 15.0. The number of benzene rings is 7. The normalized spacial score (nSPS) is 19.6. The van der Waals surface area contributed by atoms with Crippen LogP contribution in [0.25, 0.3) is 0 Å². The molecule has 6 unspecified atom stereocenters. The predicted octanol–water partition coefficient (Wildman–Crippen LogP) is 17.2. The molecule has 6 atom stereocenters. The van der Waals surface area contributed by atoms with Crippen molar-refractivity contribution in [3.63, 3.8) is 0 Å². The Labute approximate surface area is 839 Å². The molecule has 0 aliphatic carbocycles. The smallest absolute Gasteiger partial charge is 0.243 e. The van der Waals surface area contributed by atoms with Gasteiger partial charge in [0.05, 0.1) is 99.3 Å². The van der Waals surface area contributed by atoms with Gasteiger partial charge >= 0.3 is 0 Å². The first kappa shape index (κ1) is 115. The van der Waals surface area contributed by atoms with E-state index >= 15 is 0 Å². The second-order valence-electron chi connectivity index (χ2n) is 32.2. The number of hydrogen-bond donors (Lipinski definition) is 6. The Morgan fingerprint density at radius 3 is 0.853 bits per heavy atom. The molecule has 6 saturated heterocycles. The number of halogens is 12. The molecule has 0 spiro atoms. The molecule has 6 aliphatic rings. The van der Waals surface area contributed by atoms with Crippen molar-refractivity contribution in [2.75, 3.05) is 139 Å². The van der Waals surface area contributed by atoms with Crippen LogP contribution in [0.3, 0.4) is 0 Å². The number of amides is 6. The molecule has 0 aromatic heterocycles. The Balaban J connectivity index is 0.000000201. The Morgan fingerprint density at radius 1 is 0.287 bits per heavy atom. The standard InChI is InChI=1S/C18H18ClFN2O3S.2C14H18BrClN2O3S.C14H18Cl2N2O3S.C14H18ClFN2O3S.C14H18F2N2O3S/c19-16-9-8-14(11-17(16)20)21-18(23)13-5-4-10-22(12-13)26(24,25)15-6-2-1-3-7-15;1-2-22(20,21)18-7-3-4-10(9-18)14(19)17-11-5-6-13(16)12(15)8-11;2*1-2-22(20,21)18-7-3-4-10(9-18)14(19)17-11-5-6-12(15)13(16)8-11;1-2-22(20,21)18-7-3-4-10(9-18)14(19)17-11-5-6-13(16)12(15)8-11;1-2-22(20,21)18-7-3-4-10(9-18)14(19)17-11-5-6-12(15)13(16)8-11/h1-3,6-9,11,13H,4-5,10,12H2,(H,21,23);5*5-6,8,10H,2-4,7,9H2,1H3,(H,17,19). The zero-order valence-corrected chi connectivity index (χ0v) is 87.4. The van der Waals surface area contributed by atoms with Crippen molar-refractivity contribution in [2.24, 2.45) is 35.5 Å². The Hall–Kier alpha value is -6.76. The summed E-state index contributed by atoms with van der Waals surface area (Å²) >= 11 is 41.6. The lowest BCUT2D eigenvalue weighted by Gasteiger charge is -2.31. The van der Waals surface area contributed by atoms with Gasteiger partial charge in [0.15, 0.2) is 11.6 Å². The molecule has 6 fully saturated rings. The average molecular weight is 2260 g/mol. The summed E-state index contributed by atoms with van der Waals surface area (Å²) in [5, 5.41) is 17.9. The fourth-order valence-corrected chi connectivity index (χ4v) is 23.9. The summed E-state index contributed by atoms with van der Waals surface area (Å²) in [6, 6.07) is 34.3. The highest BCUT2D eigenvalue weighted by molar-refractivity contribution is 9.11. The van der Waals surface area contributed by atoms with Crippen molar-refractivity contribution in [3.8, 4) is 0 Å². The summed E-state index contributed by atoms with van der Waals surface area (Å²) in [5.74, 6) is -7.00. The molecule has 13 rings (SSSR count). The molecule has 6 aliphatic heterocycles. The molecule has 748 valence electrons. The van der Waals surface area contributed by atoms with Crippen LogP contribution in [0.1, 0.15) is 112 Å². The van der Waals surface area contributed by atoms with Gasteiger partial charge in [-0.3, -0.25) is 28.8 Å². The summed E-state index contributed by atoms with van der Waals surface area (Å²) in [6.07, 6.45) is 7.68. The molecule has 6 N–H and O–H groups in total. The van der Waals surface area contributed by atoms with E-state index in [-0.39, 0.29) is 142 Å². The average Bonchev–Trinajstić information content (AvgIpc) is 0.806. The first-order valence-electron chi connectivity index (χ1n) is 43.5. The molecule has 0 radical (unpaired) electrons. The largest absolute Gasteiger partial charge is 0.326 e. The maximum atomic E-state index is 13.5. The van der Waals surface area contributed by atoms with E-state index < -0.39 is 101 Å². The quantitative estimate of drug-likeness (QED) is 0.0306. The number of carbonyl (C=O) groups excluding carboxylic acids is 6. The van der Waals surface area contributed by atoms with Crippen LogP contribution in [0.15, 0.2) is 153 Å². The van der Waals surface area contributed by atoms with Gasteiger partial charge in [-0.15, -0.1) is 0 Å². The zero-order chi connectivity index (χ0) is 100. The van der Waals surface area contributed by atoms with Crippen molar-refractivity contribution in [2.45, 2.75) is 117 Å². The van der Waals surface area contributed by atoms with Crippen LogP contribution in [-0.4, -0.2) is 219 Å². The topological polar surface area (TPSA) is 399 Å². The van der Waals surface area contributed by atoms with Gasteiger partial charge in [0.25, 0.3) is 0 Å². The van der Waals surface area contributed by atoms with E-state index in [2.05, 4.69) is 63.8 Å². The monoisotopic (exact) mass is 2260 g/mol. The van der Waals surface area contributed by atoms with Crippen LogP contribution in [0.4, 0.5) is 51.7 Å². The Kier molecular flexibility index (Phi) is 44.5. The number of anilines is 6. The number of rotatable bonds is 24. The lowest BCUT2D eigenvalue weighted by atomic mass is 9.98. The van der Waals surface area contributed by atoms with Crippen molar-refractivity contribution in [1.82, 2.24) is 25.8 Å². The molecule has 7 aromatic rings. The van der Waals surface area contributed by atoms with Crippen molar-refractivity contribution in [3.05, 3.63) is 202 Å². The highest BCUT2D eigenvalue weighted by Crippen LogP contribution is 2.34. The minimum atomic E-state index is -3.64. The first-order valence-corrected chi connectivity index (χ1v) is 56.9. The van der Waals surface area contributed by atoms with Gasteiger partial charge < -0.3 is 31.9 Å². The van der Waals surface area contributed by atoms with Crippen LogP contribution in [-0.2, 0) is 88.9 Å². The van der Waals surface area contributed by atoms with Crippen LogP contribution in [0.2, 0.25) is 30.1 Å². The summed E-state index contributed by atoms with van der Waals surface area (Å²) in [5.41, 5.74) is 2.63. The summed E-state index contributed by atoms with van der Waals surface area (Å²) in [6.45, 7) is 11.8. The molecular weight excluding hydrogens is 2150 g/mol. The van der Waals surface area contributed by atoms with Gasteiger partial charge in [0.2, 0.25) is 95.6 Å². The van der Waals surface area contributed by atoms with Gasteiger partial charge in [-0.2, -0.15) is 4.31 Å². The highest BCUT2D eigenvalue weighted by Gasteiger charge is 2.39. The lowest BCUT2D eigenvalue weighted by molar-refractivity contribution is -0.121. The van der Waals surface area contributed by atoms with Crippen LogP contribution in [0, 0.1) is 58.8 Å². The number of piperidine rings is 6. The molecule has 0 saturated carbocycles. The molecular formula is C88H108Br2Cl6F4N12O18S6. The van der Waals surface area contributed by atoms with Crippen LogP contribution >= 0.6 is 101 Å². The van der Waals surface area contributed by atoms with Crippen molar-refractivity contribution in [1.29, 1.82) is 0 Å². The van der Waals surface area contributed by atoms with E-state index in [1.807, 2.05) is 0 Å². The Morgan fingerprint density at radius 2 is 0.551 bits per heavy atom. The predicted molar refractivity (Wildman–Crippen MR) is 532 cm³/mol. The molecule has 30 nitrogen and oxygen atoms in total. The number of hydrogen-bond acceptors (Lipinski definition) is 18. The summed E-state index contributed by atoms with van der Waals surface area (Å²) in [4.78, 5) is 74.1. The maximum Gasteiger partial charge on any atom is 0.243 e. The molecule has 6 amide bonds. The molecule has 0 bridgehead atoms. The summed E-state index contributed by atoms with van der Waals surface area (Å²) in [7, 11) is -20.0. The molecule has 48 heteroatoms. The number of nitrogens with zero attached hydrogens (tertiary/aromatic N) is 6. The van der Waals surface area contributed by atoms with Gasteiger partial charge in [0, 0.05) is 128 Å². The van der Waals surface area contributed by atoms with E-state index in [0.717, 1.165) is 22.7 Å². The van der Waals surface area contributed by atoms with Gasteiger partial charge in [-0.05, 0) is 259 Å². The van der Waals surface area contributed by atoms with Crippen molar-refractivity contribution < 1.29 is 96.8 Å². The number of nitrogens with one attached hydrogen (secondary N) is 6. The van der Waals surface area contributed by atoms with Gasteiger partial charge in [0.1, 0.15) is 11.6 Å². The zero-order valence-electron chi connectivity index (χ0n) is 74.8. The lowest BCUT2D eigenvalue weighted by Crippen LogP contribution is -2.44. The Bertz CT molecular complexity index is 5450. The minimum Gasteiger partial charge on any atom is -0.326 e. The fraction of sp³-hybridized carbons (Fsp3) is 0.455. The van der Waals surface area contributed by atoms with Gasteiger partial charge in [-0.1, -0.05) is 87.8 Å². The van der Waals surface area contributed by atoms with E-state index in [0.29, 0.717) is 169 Å². The van der Waals surface area contributed by atoms with E-state index in [1.165, 1.54) is 74.4 Å². The number of carbonyl (C=O) groups is 6. The third kappa shape index (κ3) is 34.0. The SMILES string of the molecule is CCS(=O)(=O)N1CCCC(C(=O)Nc2ccc(Br)c(Cl)c2)C1.CCS(=O)(=O)N1CCCC(C(=O)Nc2ccc(Cl)c(Br)c2)C1.CCS(=O)(=O)N1CCCC(C(=O)Nc2ccc(Cl)c(Cl)c2)C1.CCS(=O)(=O)N1CCCC(C(=O)Nc2ccc(F)c(Cl)c2)C1.CCS(=O)(=O)N1CCCC(C(=O)Nc2ccc(F)c(F)c2)C1.O=C(Nc1ccc(Cl)c(F)c1)C1CCCN(S(=O)(=O)c2ccccc2)C1. The second-order valence-corrected chi connectivity index (χ2v) is 49.6. The number of sulfonamides is 6. The highest BCUT2D eigenvalue weighted by atomic mass is 79.9. The minimum absolute atomic E-state index is 0.00941. The van der Waals surface area contributed by atoms with Crippen LogP contribution < -0.4 is 31.9 Å². The maximum absolute atomic E-state index is 13.5. The third-order valence-electron chi connectivity index (χ3n) is 22.8. The van der Waals surface area contributed by atoms with Crippen molar-refractivity contribution >= 4 is 231 Å². The molecule has 6 heterocycles. The third-order valence-corrected chi connectivity index (χ3v) is 37.7. The van der Waals surface area contributed by atoms with E-state index in [4.69, 9.17) is 69.6 Å². The molecule has 7 aromatic carbocycles. The van der Waals surface area contributed by atoms with Crippen LogP contribution in [0.5, 0.6) is 0 Å².